The van der Waals surface area contributed by atoms with Crippen LogP contribution in [0.4, 0.5) is 0 Å². The first kappa shape index (κ1) is 11.7. The number of aryl methyl sites for hydroxylation is 1. The van der Waals surface area contributed by atoms with Gasteiger partial charge in [-0.2, -0.15) is 0 Å². The molecule has 1 aromatic rings. The fourth-order valence-corrected chi connectivity index (χ4v) is 4.04. The van der Waals surface area contributed by atoms with Crippen LogP contribution in [-0.2, 0) is 6.42 Å². The minimum Gasteiger partial charge on any atom is -0.307 e. The molecule has 0 aliphatic heterocycles. The lowest BCUT2D eigenvalue weighted by Gasteiger charge is -2.27. The second-order valence-corrected chi connectivity index (χ2v) is 6.26. The topological polar surface area (TPSA) is 12.0 Å². The van der Waals surface area contributed by atoms with Gasteiger partial charge in [0.25, 0.3) is 0 Å². The predicted molar refractivity (Wildman–Crippen MR) is 75.2 cm³/mol. The molecule has 0 aromatic heterocycles. The van der Waals surface area contributed by atoms with E-state index >= 15 is 0 Å². The maximum Gasteiger partial charge on any atom is 0.0339 e. The number of hydrogen-bond donors (Lipinski definition) is 1. The molecule has 0 heterocycles. The van der Waals surface area contributed by atoms with Crippen molar-refractivity contribution in [3.05, 3.63) is 33.8 Å². The quantitative estimate of drug-likeness (QED) is 0.854. The van der Waals surface area contributed by atoms with Crippen LogP contribution in [0.2, 0.25) is 0 Å². The van der Waals surface area contributed by atoms with Crippen LogP contribution in [0.15, 0.2) is 22.7 Å². The van der Waals surface area contributed by atoms with Crippen molar-refractivity contribution in [3.63, 3.8) is 0 Å². The van der Waals surface area contributed by atoms with Crippen molar-refractivity contribution in [1.29, 1.82) is 0 Å². The van der Waals surface area contributed by atoms with Gasteiger partial charge >= 0.3 is 0 Å². The van der Waals surface area contributed by atoms with Crippen molar-refractivity contribution in [2.24, 2.45) is 0 Å². The zero-order valence-corrected chi connectivity index (χ0v) is 11.8. The van der Waals surface area contributed by atoms with Gasteiger partial charge in [-0.25, -0.2) is 0 Å². The molecule has 0 amide bonds. The summed E-state index contributed by atoms with van der Waals surface area (Å²) in [4.78, 5) is 0. The molecule has 2 heteroatoms. The third-order valence-electron chi connectivity index (χ3n) is 4.24. The minimum absolute atomic E-state index is 0.587. The Labute approximate surface area is 112 Å². The summed E-state index contributed by atoms with van der Waals surface area (Å²) in [6, 6.07) is 7.96. The van der Waals surface area contributed by atoms with Gasteiger partial charge in [-0.05, 0) is 42.9 Å². The highest BCUT2D eigenvalue weighted by molar-refractivity contribution is 9.10. The van der Waals surface area contributed by atoms with Gasteiger partial charge in [0.2, 0.25) is 0 Å². The number of nitrogens with one attached hydrogen (secondary N) is 1. The van der Waals surface area contributed by atoms with Crippen molar-refractivity contribution in [1.82, 2.24) is 5.32 Å². The second-order valence-electron chi connectivity index (χ2n) is 5.41. The Morgan fingerprint density at radius 2 is 1.88 bits per heavy atom. The van der Waals surface area contributed by atoms with Gasteiger partial charge in [0.05, 0.1) is 0 Å². The standard InChI is InChI=1S/C15H20BrN/c16-13-8-4-5-11-9-10-14(15(11)13)17-12-6-2-1-3-7-12/h4-5,8,12,14,17H,1-3,6-7,9-10H2. The molecule has 1 aromatic carbocycles. The Morgan fingerprint density at radius 3 is 2.71 bits per heavy atom. The summed E-state index contributed by atoms with van der Waals surface area (Å²) in [6.07, 6.45) is 9.50. The van der Waals surface area contributed by atoms with Crippen LogP contribution in [0.5, 0.6) is 0 Å². The first-order chi connectivity index (χ1) is 8.34. The van der Waals surface area contributed by atoms with Gasteiger partial charge in [0, 0.05) is 16.6 Å². The molecule has 0 spiro atoms. The fourth-order valence-electron chi connectivity index (χ4n) is 3.35. The highest BCUT2D eigenvalue weighted by Crippen LogP contribution is 2.37. The van der Waals surface area contributed by atoms with E-state index in [9.17, 15) is 0 Å². The molecule has 1 nitrogen and oxygen atoms in total. The van der Waals surface area contributed by atoms with E-state index in [0.717, 1.165) is 6.04 Å². The molecule has 92 valence electrons. The van der Waals surface area contributed by atoms with Crippen LogP contribution >= 0.6 is 15.9 Å². The number of rotatable bonds is 2. The molecule has 1 atom stereocenters. The van der Waals surface area contributed by atoms with Crippen molar-refractivity contribution < 1.29 is 0 Å². The fraction of sp³-hybridized carbons (Fsp3) is 0.600. The Hall–Kier alpha value is -0.340. The molecule has 1 fully saturated rings. The molecule has 1 saturated carbocycles. The molecule has 3 rings (SSSR count). The summed E-state index contributed by atoms with van der Waals surface area (Å²) >= 11 is 3.71. The van der Waals surface area contributed by atoms with Crippen LogP contribution in [0.1, 0.15) is 55.7 Å². The maximum absolute atomic E-state index is 3.88. The maximum atomic E-state index is 3.88. The lowest BCUT2D eigenvalue weighted by molar-refractivity contribution is 0.337. The van der Waals surface area contributed by atoms with Crippen LogP contribution < -0.4 is 5.32 Å². The van der Waals surface area contributed by atoms with E-state index in [1.807, 2.05) is 0 Å². The molecule has 1 unspecified atom stereocenters. The SMILES string of the molecule is Brc1cccc2c1C(NC1CCCCC1)CC2. The number of benzene rings is 1. The molecule has 0 radical (unpaired) electrons. The summed E-state index contributed by atoms with van der Waals surface area (Å²) in [7, 11) is 0. The van der Waals surface area contributed by atoms with Gasteiger partial charge in [0.15, 0.2) is 0 Å². The largest absolute Gasteiger partial charge is 0.307 e. The van der Waals surface area contributed by atoms with E-state index < -0.39 is 0 Å². The summed E-state index contributed by atoms with van der Waals surface area (Å²) < 4.78 is 1.29. The Balaban J connectivity index is 1.74. The van der Waals surface area contributed by atoms with Gasteiger partial charge in [-0.3, -0.25) is 0 Å². The molecule has 0 bridgehead atoms. The summed E-state index contributed by atoms with van der Waals surface area (Å²) in [5.41, 5.74) is 3.06. The third kappa shape index (κ3) is 2.43. The second kappa shape index (κ2) is 5.11. The van der Waals surface area contributed by atoms with Crippen molar-refractivity contribution in [3.8, 4) is 0 Å². The summed E-state index contributed by atoms with van der Waals surface area (Å²) in [5.74, 6) is 0. The van der Waals surface area contributed by atoms with E-state index in [2.05, 4.69) is 39.4 Å². The average Bonchev–Trinajstić information content (AvgIpc) is 2.75. The van der Waals surface area contributed by atoms with E-state index in [1.165, 1.54) is 60.5 Å². The van der Waals surface area contributed by atoms with Crippen LogP contribution in [-0.4, -0.2) is 6.04 Å². The van der Waals surface area contributed by atoms with E-state index in [0.29, 0.717) is 6.04 Å². The monoisotopic (exact) mass is 293 g/mol. The predicted octanol–water partition coefficient (Wildman–Crippen LogP) is 4.36. The zero-order chi connectivity index (χ0) is 11.7. The lowest BCUT2D eigenvalue weighted by Crippen LogP contribution is -2.33. The Morgan fingerprint density at radius 1 is 1.06 bits per heavy atom. The molecule has 17 heavy (non-hydrogen) atoms. The minimum atomic E-state index is 0.587. The van der Waals surface area contributed by atoms with Gasteiger partial charge < -0.3 is 5.32 Å². The van der Waals surface area contributed by atoms with Crippen LogP contribution in [0.3, 0.4) is 0 Å². The summed E-state index contributed by atoms with van der Waals surface area (Å²) in [6.45, 7) is 0. The lowest BCUT2D eigenvalue weighted by atomic mass is 9.94. The molecule has 1 N–H and O–H groups in total. The van der Waals surface area contributed by atoms with Crippen LogP contribution in [0.25, 0.3) is 0 Å². The van der Waals surface area contributed by atoms with Gasteiger partial charge in [-0.1, -0.05) is 47.3 Å². The van der Waals surface area contributed by atoms with Crippen molar-refractivity contribution >= 4 is 15.9 Å². The average molecular weight is 294 g/mol. The molecular weight excluding hydrogens is 274 g/mol. The van der Waals surface area contributed by atoms with Crippen molar-refractivity contribution in [2.45, 2.75) is 57.0 Å². The smallest absolute Gasteiger partial charge is 0.0339 e. The Kier molecular flexibility index (Phi) is 3.53. The molecule has 2 aliphatic rings. The Bertz CT molecular complexity index is 396. The van der Waals surface area contributed by atoms with E-state index in [-0.39, 0.29) is 0 Å². The van der Waals surface area contributed by atoms with Gasteiger partial charge in [-0.15, -0.1) is 0 Å². The summed E-state index contributed by atoms with van der Waals surface area (Å²) in [5, 5.41) is 3.88. The van der Waals surface area contributed by atoms with Crippen molar-refractivity contribution in [2.75, 3.05) is 0 Å². The third-order valence-corrected chi connectivity index (χ3v) is 4.93. The van der Waals surface area contributed by atoms with E-state index in [1.54, 1.807) is 0 Å². The molecule has 2 aliphatic carbocycles. The normalized spacial score (nSPS) is 24.9. The van der Waals surface area contributed by atoms with Crippen LogP contribution in [0, 0.1) is 0 Å². The zero-order valence-electron chi connectivity index (χ0n) is 10.2. The first-order valence-corrected chi connectivity index (χ1v) is 7.67. The first-order valence-electron chi connectivity index (χ1n) is 6.88. The van der Waals surface area contributed by atoms with E-state index in [4.69, 9.17) is 0 Å². The molecule has 0 saturated heterocycles. The highest BCUT2D eigenvalue weighted by Gasteiger charge is 2.26. The number of hydrogen-bond acceptors (Lipinski definition) is 1. The number of fused-ring (bicyclic) bond motifs is 1. The number of halogens is 1. The highest BCUT2D eigenvalue weighted by atomic mass is 79.9. The molecular formula is C15H20BrN. The van der Waals surface area contributed by atoms with Gasteiger partial charge in [0.1, 0.15) is 0 Å².